The van der Waals surface area contributed by atoms with Crippen LogP contribution in [0.5, 0.6) is 0 Å². The molecule has 1 atom stereocenters. The molecule has 0 amide bonds. The summed E-state index contributed by atoms with van der Waals surface area (Å²) in [6.45, 7) is 1.02. The van der Waals surface area contributed by atoms with E-state index in [4.69, 9.17) is 5.73 Å². The van der Waals surface area contributed by atoms with E-state index in [0.29, 0.717) is 18.9 Å². The molecular weight excluding hydrogens is 322 g/mol. The van der Waals surface area contributed by atoms with Crippen molar-refractivity contribution >= 4 is 5.69 Å². The fourth-order valence-corrected chi connectivity index (χ4v) is 3.38. The second-order valence-electron chi connectivity index (χ2n) is 6.30. The summed E-state index contributed by atoms with van der Waals surface area (Å²) < 4.78 is 1.88. The summed E-state index contributed by atoms with van der Waals surface area (Å²) in [7, 11) is 0. The number of nitrogens with zero attached hydrogens (tertiary/aromatic N) is 5. The zero-order valence-corrected chi connectivity index (χ0v) is 14.0. The quantitative estimate of drug-likeness (QED) is 0.578. The second kappa shape index (κ2) is 8.13. The number of rotatable bonds is 7. The molecule has 0 radical (unpaired) electrons. The number of nitro groups is 1. The number of non-ortho nitro benzene ring substituents is 1. The first kappa shape index (κ1) is 17.4. The van der Waals surface area contributed by atoms with E-state index in [1.165, 1.54) is 25.3 Å². The Balaban J connectivity index is 1.95. The monoisotopic (exact) mass is 345 g/mol. The number of benzene rings is 1. The Labute approximate surface area is 145 Å². The lowest BCUT2D eigenvalue weighted by Gasteiger charge is -2.25. The van der Waals surface area contributed by atoms with Crippen molar-refractivity contribution in [3.05, 3.63) is 45.8 Å². The molecule has 25 heavy (non-hydrogen) atoms. The zero-order chi connectivity index (χ0) is 17.6. The molecule has 1 aliphatic carbocycles. The molecule has 1 aliphatic rings. The molecule has 2 aromatic rings. The Kier molecular flexibility index (Phi) is 5.67. The molecule has 1 aromatic heterocycles. The molecule has 134 valence electrons. The number of nitrogens with two attached hydrogens (primary N) is 1. The summed E-state index contributed by atoms with van der Waals surface area (Å²) in [5.74, 6) is 0.681. The van der Waals surface area contributed by atoms with Gasteiger partial charge in [0, 0.05) is 25.2 Å². The van der Waals surface area contributed by atoms with Gasteiger partial charge in [-0.1, -0.05) is 31.4 Å². The highest BCUT2D eigenvalue weighted by Gasteiger charge is 2.26. The first-order chi connectivity index (χ1) is 12.2. The van der Waals surface area contributed by atoms with E-state index < -0.39 is 4.92 Å². The fraction of sp³-hybridized carbons (Fsp3) is 0.562. The van der Waals surface area contributed by atoms with Gasteiger partial charge >= 0.3 is 0 Å². The van der Waals surface area contributed by atoms with Crippen molar-refractivity contribution < 1.29 is 4.92 Å². The molecule has 0 aliphatic heterocycles. The highest BCUT2D eigenvalue weighted by molar-refractivity contribution is 5.37. The van der Waals surface area contributed by atoms with Gasteiger partial charge in [0.25, 0.3) is 5.69 Å². The van der Waals surface area contributed by atoms with Crippen LogP contribution in [-0.2, 0) is 0 Å². The van der Waals surface area contributed by atoms with E-state index in [9.17, 15) is 10.1 Å². The predicted molar refractivity (Wildman–Crippen MR) is 91.9 cm³/mol. The Morgan fingerprint density at radius 1 is 1.36 bits per heavy atom. The van der Waals surface area contributed by atoms with Crippen molar-refractivity contribution in [1.82, 2.24) is 25.5 Å². The van der Waals surface area contributed by atoms with Crippen LogP contribution in [0.25, 0.3) is 0 Å². The molecule has 1 saturated carbocycles. The van der Waals surface area contributed by atoms with Gasteiger partial charge in [-0.3, -0.25) is 10.1 Å². The first-order valence-electron chi connectivity index (χ1n) is 8.66. The zero-order valence-electron chi connectivity index (χ0n) is 14.0. The third-order valence-corrected chi connectivity index (χ3v) is 4.60. The minimum atomic E-state index is -0.395. The largest absolute Gasteiger partial charge is 0.329 e. The summed E-state index contributed by atoms with van der Waals surface area (Å²) >= 11 is 0. The SMILES string of the molecule is NCCNC(c1cccc([N+](=O)[O-])c1)c1nnnn1C1CCCCC1. The maximum atomic E-state index is 11.1. The number of hydrogen-bond donors (Lipinski definition) is 2. The third kappa shape index (κ3) is 3.99. The number of tetrazole rings is 1. The second-order valence-corrected chi connectivity index (χ2v) is 6.30. The van der Waals surface area contributed by atoms with E-state index in [-0.39, 0.29) is 17.8 Å². The normalized spacial score (nSPS) is 16.7. The highest BCUT2D eigenvalue weighted by atomic mass is 16.6. The smallest absolute Gasteiger partial charge is 0.269 e. The number of nitro benzene ring substituents is 1. The molecule has 0 saturated heterocycles. The Morgan fingerprint density at radius 2 is 2.16 bits per heavy atom. The summed E-state index contributed by atoms with van der Waals surface area (Å²) in [4.78, 5) is 10.7. The minimum absolute atomic E-state index is 0.0498. The van der Waals surface area contributed by atoms with E-state index in [1.807, 2.05) is 10.7 Å². The number of hydrogen-bond acceptors (Lipinski definition) is 7. The van der Waals surface area contributed by atoms with E-state index in [0.717, 1.165) is 18.4 Å². The van der Waals surface area contributed by atoms with Gasteiger partial charge in [-0.15, -0.1) is 5.10 Å². The fourth-order valence-electron chi connectivity index (χ4n) is 3.38. The molecule has 9 heteroatoms. The molecule has 1 fully saturated rings. The number of nitrogens with one attached hydrogen (secondary N) is 1. The van der Waals surface area contributed by atoms with Gasteiger partial charge in [-0.05, 0) is 28.8 Å². The summed E-state index contributed by atoms with van der Waals surface area (Å²) in [6.07, 6.45) is 5.68. The molecular formula is C16H23N7O2. The van der Waals surface area contributed by atoms with Gasteiger partial charge in [-0.25, -0.2) is 4.68 Å². The van der Waals surface area contributed by atoms with Crippen molar-refractivity contribution in [2.75, 3.05) is 13.1 Å². The van der Waals surface area contributed by atoms with Crippen molar-refractivity contribution in [3.63, 3.8) is 0 Å². The van der Waals surface area contributed by atoms with Gasteiger partial charge in [0.15, 0.2) is 5.82 Å². The summed E-state index contributed by atoms with van der Waals surface area (Å²) in [5, 5.41) is 26.7. The van der Waals surface area contributed by atoms with Gasteiger partial charge in [0.2, 0.25) is 0 Å². The average molecular weight is 345 g/mol. The van der Waals surface area contributed by atoms with Gasteiger partial charge < -0.3 is 11.1 Å². The lowest BCUT2D eigenvalue weighted by Crippen LogP contribution is -2.31. The van der Waals surface area contributed by atoms with Crippen LogP contribution >= 0.6 is 0 Å². The van der Waals surface area contributed by atoms with Crippen molar-refractivity contribution in [2.24, 2.45) is 5.73 Å². The lowest BCUT2D eigenvalue weighted by atomic mass is 9.95. The van der Waals surface area contributed by atoms with E-state index >= 15 is 0 Å². The molecule has 1 heterocycles. The summed E-state index contributed by atoms with van der Waals surface area (Å²) in [5.41, 5.74) is 6.45. The lowest BCUT2D eigenvalue weighted by molar-refractivity contribution is -0.384. The van der Waals surface area contributed by atoms with Gasteiger partial charge in [0.05, 0.1) is 17.0 Å². The Bertz CT molecular complexity index is 712. The summed E-state index contributed by atoms with van der Waals surface area (Å²) in [6, 6.07) is 6.52. The van der Waals surface area contributed by atoms with E-state index in [1.54, 1.807) is 12.1 Å². The van der Waals surface area contributed by atoms with Crippen LogP contribution in [0.1, 0.15) is 55.6 Å². The van der Waals surface area contributed by atoms with Crippen molar-refractivity contribution in [3.8, 4) is 0 Å². The minimum Gasteiger partial charge on any atom is -0.329 e. The van der Waals surface area contributed by atoms with Crippen LogP contribution in [0, 0.1) is 10.1 Å². The van der Waals surface area contributed by atoms with Crippen LogP contribution in [-0.4, -0.2) is 38.2 Å². The van der Waals surface area contributed by atoms with Crippen LogP contribution < -0.4 is 11.1 Å². The molecule has 0 bridgehead atoms. The molecule has 9 nitrogen and oxygen atoms in total. The average Bonchev–Trinajstić information content (AvgIpc) is 3.12. The third-order valence-electron chi connectivity index (χ3n) is 4.60. The van der Waals surface area contributed by atoms with Crippen molar-refractivity contribution in [1.29, 1.82) is 0 Å². The standard InChI is InChI=1S/C16H23N7O2/c17-9-10-18-15(12-5-4-8-14(11-12)23(24)25)16-19-20-21-22(16)13-6-2-1-3-7-13/h4-5,8,11,13,15,18H,1-3,6-7,9-10,17H2. The molecule has 3 rings (SSSR count). The molecule has 1 unspecified atom stereocenters. The van der Waals surface area contributed by atoms with Crippen LogP contribution in [0.15, 0.2) is 24.3 Å². The maximum Gasteiger partial charge on any atom is 0.269 e. The molecule has 0 spiro atoms. The number of aromatic nitrogens is 4. The predicted octanol–water partition coefficient (Wildman–Crippen LogP) is 1.72. The Morgan fingerprint density at radius 3 is 2.88 bits per heavy atom. The Hall–Kier alpha value is -2.39. The molecule has 3 N–H and O–H groups in total. The highest BCUT2D eigenvalue weighted by Crippen LogP contribution is 2.31. The van der Waals surface area contributed by atoms with Crippen molar-refractivity contribution in [2.45, 2.75) is 44.2 Å². The topological polar surface area (TPSA) is 125 Å². The van der Waals surface area contributed by atoms with Crippen LogP contribution in [0.2, 0.25) is 0 Å². The first-order valence-corrected chi connectivity index (χ1v) is 8.66. The van der Waals surface area contributed by atoms with Gasteiger partial charge in [0.1, 0.15) is 0 Å². The van der Waals surface area contributed by atoms with Gasteiger partial charge in [-0.2, -0.15) is 0 Å². The van der Waals surface area contributed by atoms with E-state index in [2.05, 4.69) is 20.8 Å². The maximum absolute atomic E-state index is 11.1. The van der Waals surface area contributed by atoms with Crippen LogP contribution in [0.3, 0.4) is 0 Å². The van der Waals surface area contributed by atoms with Crippen LogP contribution in [0.4, 0.5) is 5.69 Å². The molecule has 1 aromatic carbocycles.